The molecule has 25 heavy (non-hydrogen) atoms. The van der Waals surface area contributed by atoms with Crippen LogP contribution < -0.4 is 10.6 Å². The standard InChI is InChI=1S/C21H35N3O/c1-3-24(4-2)21(17-9-6-5-7-10-17)15-23-19-12-8-11-18(19)20-16-25-14-13-22-20/h5-7,9-10,18-23H,3-4,8,11-16H2,1-2H3. The Morgan fingerprint density at radius 1 is 1.20 bits per heavy atom. The van der Waals surface area contributed by atoms with Crippen molar-refractivity contribution in [1.82, 2.24) is 15.5 Å². The number of hydrogen-bond acceptors (Lipinski definition) is 4. The van der Waals surface area contributed by atoms with Gasteiger partial charge in [-0.3, -0.25) is 4.90 Å². The Morgan fingerprint density at radius 3 is 2.68 bits per heavy atom. The van der Waals surface area contributed by atoms with Gasteiger partial charge in [-0.15, -0.1) is 0 Å². The number of nitrogens with one attached hydrogen (secondary N) is 2. The average molecular weight is 346 g/mol. The van der Waals surface area contributed by atoms with Gasteiger partial charge in [-0.05, 0) is 37.4 Å². The van der Waals surface area contributed by atoms with E-state index in [0.29, 0.717) is 24.0 Å². The van der Waals surface area contributed by atoms with Gasteiger partial charge >= 0.3 is 0 Å². The van der Waals surface area contributed by atoms with Crippen LogP contribution in [0.3, 0.4) is 0 Å². The fraction of sp³-hybridized carbons (Fsp3) is 0.714. The highest BCUT2D eigenvalue weighted by Gasteiger charge is 2.35. The highest BCUT2D eigenvalue weighted by molar-refractivity contribution is 5.19. The first-order chi connectivity index (χ1) is 12.3. The number of rotatable bonds is 8. The van der Waals surface area contributed by atoms with Gasteiger partial charge in [0, 0.05) is 31.2 Å². The van der Waals surface area contributed by atoms with E-state index < -0.39 is 0 Å². The van der Waals surface area contributed by atoms with Crippen molar-refractivity contribution in [1.29, 1.82) is 0 Å². The zero-order valence-corrected chi connectivity index (χ0v) is 15.9. The molecule has 0 spiro atoms. The molecule has 1 aromatic rings. The van der Waals surface area contributed by atoms with E-state index in [9.17, 15) is 0 Å². The average Bonchev–Trinajstić information content (AvgIpc) is 3.15. The van der Waals surface area contributed by atoms with Gasteiger partial charge in [0.05, 0.1) is 13.2 Å². The topological polar surface area (TPSA) is 36.5 Å². The number of hydrogen-bond donors (Lipinski definition) is 2. The van der Waals surface area contributed by atoms with Gasteiger partial charge in [0.1, 0.15) is 0 Å². The summed E-state index contributed by atoms with van der Waals surface area (Å²) in [6, 6.07) is 12.6. The first-order valence-corrected chi connectivity index (χ1v) is 10.2. The fourth-order valence-corrected chi connectivity index (χ4v) is 4.64. The molecule has 1 aliphatic heterocycles. The number of morpholine rings is 1. The second-order valence-electron chi connectivity index (χ2n) is 7.39. The number of likely N-dealkylation sites (N-methyl/N-ethyl adjacent to an activating group) is 1. The highest BCUT2D eigenvalue weighted by Crippen LogP contribution is 2.30. The third-order valence-corrected chi connectivity index (χ3v) is 6.05. The zero-order chi connectivity index (χ0) is 17.5. The van der Waals surface area contributed by atoms with Crippen LogP contribution in [0.5, 0.6) is 0 Å². The highest BCUT2D eigenvalue weighted by atomic mass is 16.5. The summed E-state index contributed by atoms with van der Waals surface area (Å²) in [5.41, 5.74) is 1.42. The van der Waals surface area contributed by atoms with Crippen molar-refractivity contribution in [3.63, 3.8) is 0 Å². The van der Waals surface area contributed by atoms with Crippen molar-refractivity contribution >= 4 is 0 Å². The molecule has 2 aliphatic rings. The van der Waals surface area contributed by atoms with E-state index in [-0.39, 0.29) is 0 Å². The van der Waals surface area contributed by atoms with Crippen LogP contribution in [0.1, 0.15) is 44.7 Å². The third kappa shape index (κ3) is 4.82. The quantitative estimate of drug-likeness (QED) is 0.760. The molecule has 0 radical (unpaired) electrons. The Bertz CT molecular complexity index is 485. The summed E-state index contributed by atoms with van der Waals surface area (Å²) in [6.07, 6.45) is 3.95. The molecule has 4 nitrogen and oxygen atoms in total. The summed E-state index contributed by atoms with van der Waals surface area (Å²) >= 11 is 0. The predicted octanol–water partition coefficient (Wildman–Crippen LogP) is 2.82. The third-order valence-electron chi connectivity index (χ3n) is 6.05. The lowest BCUT2D eigenvalue weighted by Crippen LogP contribution is -2.51. The molecule has 3 rings (SSSR count). The summed E-state index contributed by atoms with van der Waals surface area (Å²) in [5, 5.41) is 7.62. The minimum absolute atomic E-state index is 0.452. The van der Waals surface area contributed by atoms with Crippen LogP contribution in [0.25, 0.3) is 0 Å². The maximum atomic E-state index is 5.71. The normalized spacial score (nSPS) is 28.4. The van der Waals surface area contributed by atoms with Gasteiger partial charge in [0.15, 0.2) is 0 Å². The van der Waals surface area contributed by atoms with E-state index in [2.05, 4.69) is 59.7 Å². The van der Waals surface area contributed by atoms with Crippen LogP contribution in [-0.2, 0) is 4.74 Å². The van der Waals surface area contributed by atoms with Crippen molar-refractivity contribution < 1.29 is 4.74 Å². The van der Waals surface area contributed by atoms with Gasteiger partial charge in [-0.1, -0.05) is 50.6 Å². The molecule has 0 bridgehead atoms. The van der Waals surface area contributed by atoms with E-state index >= 15 is 0 Å². The van der Waals surface area contributed by atoms with Gasteiger partial charge in [0.25, 0.3) is 0 Å². The Hall–Kier alpha value is -0.940. The minimum atomic E-state index is 0.452. The van der Waals surface area contributed by atoms with Crippen LogP contribution in [-0.4, -0.2) is 56.4 Å². The van der Waals surface area contributed by atoms with E-state index in [1.807, 2.05) is 0 Å². The van der Waals surface area contributed by atoms with E-state index in [1.165, 1.54) is 24.8 Å². The smallest absolute Gasteiger partial charge is 0.0623 e. The maximum absolute atomic E-state index is 5.71. The van der Waals surface area contributed by atoms with E-state index in [4.69, 9.17) is 4.74 Å². The molecule has 1 saturated carbocycles. The lowest BCUT2D eigenvalue weighted by atomic mass is 9.93. The Balaban J connectivity index is 1.63. The van der Waals surface area contributed by atoms with E-state index in [1.54, 1.807) is 0 Å². The van der Waals surface area contributed by atoms with Crippen LogP contribution in [0.15, 0.2) is 30.3 Å². The Morgan fingerprint density at radius 2 is 2.00 bits per heavy atom. The molecule has 1 aromatic carbocycles. The molecular formula is C21H35N3O. The second kappa shape index (κ2) is 9.67. The number of nitrogens with zero attached hydrogens (tertiary/aromatic N) is 1. The van der Waals surface area contributed by atoms with Crippen molar-refractivity contribution in [2.75, 3.05) is 39.4 Å². The van der Waals surface area contributed by atoms with Crippen molar-refractivity contribution in [3.05, 3.63) is 35.9 Å². The molecule has 0 amide bonds. The maximum Gasteiger partial charge on any atom is 0.0623 e. The molecule has 2 fully saturated rings. The SMILES string of the molecule is CCN(CC)C(CNC1CCCC1C1COCCN1)c1ccccc1. The molecule has 4 atom stereocenters. The molecule has 4 unspecified atom stereocenters. The van der Waals surface area contributed by atoms with Gasteiger partial charge in [-0.25, -0.2) is 0 Å². The molecule has 2 N–H and O–H groups in total. The summed E-state index contributed by atoms with van der Waals surface area (Å²) in [4.78, 5) is 2.56. The summed E-state index contributed by atoms with van der Waals surface area (Å²) < 4.78 is 5.71. The van der Waals surface area contributed by atoms with Crippen molar-refractivity contribution in [2.45, 2.75) is 51.2 Å². The van der Waals surface area contributed by atoms with Crippen molar-refractivity contribution in [2.24, 2.45) is 5.92 Å². The molecule has 140 valence electrons. The first-order valence-electron chi connectivity index (χ1n) is 10.2. The summed E-state index contributed by atoms with van der Waals surface area (Å²) in [7, 11) is 0. The predicted molar refractivity (Wildman–Crippen MR) is 104 cm³/mol. The summed E-state index contributed by atoms with van der Waals surface area (Å²) in [5.74, 6) is 0.702. The van der Waals surface area contributed by atoms with Crippen LogP contribution in [0.4, 0.5) is 0 Å². The zero-order valence-electron chi connectivity index (χ0n) is 15.9. The van der Waals surface area contributed by atoms with Gasteiger partial charge in [-0.2, -0.15) is 0 Å². The van der Waals surface area contributed by atoms with E-state index in [0.717, 1.165) is 39.4 Å². The molecule has 0 aromatic heterocycles. The van der Waals surface area contributed by atoms with Gasteiger partial charge in [0.2, 0.25) is 0 Å². The first kappa shape index (κ1) is 18.8. The molecule has 1 heterocycles. The molecule has 1 aliphatic carbocycles. The molecule has 4 heteroatoms. The number of benzene rings is 1. The van der Waals surface area contributed by atoms with Crippen LogP contribution >= 0.6 is 0 Å². The largest absolute Gasteiger partial charge is 0.379 e. The number of ether oxygens (including phenoxy) is 1. The van der Waals surface area contributed by atoms with Crippen molar-refractivity contribution in [3.8, 4) is 0 Å². The lowest BCUT2D eigenvalue weighted by molar-refractivity contribution is 0.0518. The lowest BCUT2D eigenvalue weighted by Gasteiger charge is -2.35. The molecular weight excluding hydrogens is 310 g/mol. The van der Waals surface area contributed by atoms with Gasteiger partial charge < -0.3 is 15.4 Å². The molecule has 1 saturated heterocycles. The van der Waals surface area contributed by atoms with Crippen LogP contribution in [0, 0.1) is 5.92 Å². The second-order valence-corrected chi connectivity index (χ2v) is 7.39. The summed E-state index contributed by atoms with van der Waals surface area (Å²) in [6.45, 7) is 10.5. The fourth-order valence-electron chi connectivity index (χ4n) is 4.64. The Kier molecular flexibility index (Phi) is 7.29. The van der Waals surface area contributed by atoms with Crippen LogP contribution in [0.2, 0.25) is 0 Å². The Labute approximate surface area is 153 Å². The minimum Gasteiger partial charge on any atom is -0.379 e. The monoisotopic (exact) mass is 345 g/mol.